The molecule has 0 bridgehead atoms. The summed E-state index contributed by atoms with van der Waals surface area (Å²) in [6.45, 7) is 3.65. The molecule has 2 rings (SSSR count). The van der Waals surface area contributed by atoms with Gasteiger partial charge in [0.05, 0.1) is 24.6 Å². The summed E-state index contributed by atoms with van der Waals surface area (Å²) in [5.41, 5.74) is 0.626. The molecule has 2 aromatic rings. The molecule has 0 aliphatic heterocycles. The van der Waals surface area contributed by atoms with Crippen LogP contribution in [-0.4, -0.2) is 23.2 Å². The van der Waals surface area contributed by atoms with E-state index in [4.69, 9.17) is 9.15 Å². The Labute approximate surface area is 116 Å². The Hall–Kier alpha value is -2.50. The molecule has 0 radical (unpaired) electrons. The SMILES string of the molecule is COc1ccc(C(=O)O)c(NC(C)c2ncc(C)o2)c1. The van der Waals surface area contributed by atoms with Gasteiger partial charge in [0.15, 0.2) is 0 Å². The van der Waals surface area contributed by atoms with Crippen molar-refractivity contribution in [1.29, 1.82) is 0 Å². The summed E-state index contributed by atoms with van der Waals surface area (Å²) in [6.07, 6.45) is 1.62. The van der Waals surface area contributed by atoms with E-state index in [0.29, 0.717) is 23.1 Å². The third-order valence-corrected chi connectivity index (χ3v) is 2.84. The summed E-state index contributed by atoms with van der Waals surface area (Å²) >= 11 is 0. The number of methoxy groups -OCH3 is 1. The van der Waals surface area contributed by atoms with Crippen LogP contribution in [0.1, 0.15) is 35.0 Å². The molecule has 1 aromatic carbocycles. The molecule has 20 heavy (non-hydrogen) atoms. The van der Waals surface area contributed by atoms with Crippen molar-refractivity contribution in [3.05, 3.63) is 41.6 Å². The number of aromatic carboxylic acids is 1. The zero-order chi connectivity index (χ0) is 14.7. The number of nitrogens with zero attached hydrogens (tertiary/aromatic N) is 1. The van der Waals surface area contributed by atoms with Crippen molar-refractivity contribution in [2.24, 2.45) is 0 Å². The second-order valence-electron chi connectivity index (χ2n) is 4.39. The zero-order valence-corrected chi connectivity index (χ0v) is 11.5. The first-order valence-corrected chi connectivity index (χ1v) is 6.11. The number of aromatic nitrogens is 1. The van der Waals surface area contributed by atoms with Crippen LogP contribution in [0.4, 0.5) is 5.69 Å². The lowest BCUT2D eigenvalue weighted by Crippen LogP contribution is -2.11. The van der Waals surface area contributed by atoms with E-state index < -0.39 is 5.97 Å². The van der Waals surface area contributed by atoms with Gasteiger partial charge in [-0.3, -0.25) is 0 Å². The fourth-order valence-corrected chi connectivity index (χ4v) is 1.82. The molecule has 106 valence electrons. The normalized spacial score (nSPS) is 11.9. The highest BCUT2D eigenvalue weighted by atomic mass is 16.5. The highest BCUT2D eigenvalue weighted by molar-refractivity contribution is 5.94. The van der Waals surface area contributed by atoms with Gasteiger partial charge in [-0.15, -0.1) is 0 Å². The zero-order valence-electron chi connectivity index (χ0n) is 11.5. The van der Waals surface area contributed by atoms with Gasteiger partial charge in [0, 0.05) is 6.07 Å². The first kappa shape index (κ1) is 13.9. The van der Waals surface area contributed by atoms with E-state index in [9.17, 15) is 9.90 Å². The van der Waals surface area contributed by atoms with Gasteiger partial charge in [-0.25, -0.2) is 9.78 Å². The van der Waals surface area contributed by atoms with Crippen molar-refractivity contribution in [2.75, 3.05) is 12.4 Å². The van der Waals surface area contributed by atoms with E-state index in [-0.39, 0.29) is 11.6 Å². The predicted molar refractivity (Wildman–Crippen MR) is 73.2 cm³/mol. The fourth-order valence-electron chi connectivity index (χ4n) is 1.82. The number of oxazole rings is 1. The van der Waals surface area contributed by atoms with Crippen LogP contribution in [0.5, 0.6) is 5.75 Å². The van der Waals surface area contributed by atoms with Gasteiger partial charge in [0.2, 0.25) is 5.89 Å². The molecule has 1 heterocycles. The van der Waals surface area contributed by atoms with Crippen LogP contribution in [0.25, 0.3) is 0 Å². The van der Waals surface area contributed by atoms with Crippen LogP contribution in [0.15, 0.2) is 28.8 Å². The Bertz CT molecular complexity index is 621. The van der Waals surface area contributed by atoms with Gasteiger partial charge < -0.3 is 19.6 Å². The lowest BCUT2D eigenvalue weighted by atomic mass is 10.1. The first-order chi connectivity index (χ1) is 9.51. The maximum Gasteiger partial charge on any atom is 0.337 e. The highest BCUT2D eigenvalue weighted by Crippen LogP contribution is 2.26. The summed E-state index contributed by atoms with van der Waals surface area (Å²) in [5, 5.41) is 12.3. The number of hydrogen-bond acceptors (Lipinski definition) is 5. The number of nitrogens with one attached hydrogen (secondary N) is 1. The molecule has 0 spiro atoms. The van der Waals surface area contributed by atoms with Crippen molar-refractivity contribution >= 4 is 11.7 Å². The largest absolute Gasteiger partial charge is 0.497 e. The molecular weight excluding hydrogens is 260 g/mol. The molecule has 6 nitrogen and oxygen atoms in total. The fraction of sp³-hybridized carbons (Fsp3) is 0.286. The van der Waals surface area contributed by atoms with Crippen molar-refractivity contribution in [3.63, 3.8) is 0 Å². The number of carboxylic acid groups (broad SMARTS) is 1. The van der Waals surface area contributed by atoms with E-state index in [0.717, 1.165) is 0 Å². The number of anilines is 1. The first-order valence-electron chi connectivity index (χ1n) is 6.11. The van der Waals surface area contributed by atoms with Gasteiger partial charge in [-0.2, -0.15) is 0 Å². The second kappa shape index (κ2) is 5.64. The van der Waals surface area contributed by atoms with E-state index in [1.165, 1.54) is 13.2 Å². The van der Waals surface area contributed by atoms with Crippen LogP contribution >= 0.6 is 0 Å². The van der Waals surface area contributed by atoms with Crippen LogP contribution in [0.2, 0.25) is 0 Å². The molecule has 0 saturated heterocycles. The van der Waals surface area contributed by atoms with Crippen LogP contribution < -0.4 is 10.1 Å². The number of ether oxygens (including phenoxy) is 1. The average molecular weight is 276 g/mol. The third kappa shape index (κ3) is 2.90. The highest BCUT2D eigenvalue weighted by Gasteiger charge is 2.16. The van der Waals surface area contributed by atoms with Crippen LogP contribution in [0, 0.1) is 6.92 Å². The quantitative estimate of drug-likeness (QED) is 0.873. The van der Waals surface area contributed by atoms with Crippen LogP contribution in [0.3, 0.4) is 0 Å². The second-order valence-corrected chi connectivity index (χ2v) is 4.39. The number of carbonyl (C=O) groups is 1. The summed E-state index contributed by atoms with van der Waals surface area (Å²) in [6, 6.07) is 4.48. The number of benzene rings is 1. The third-order valence-electron chi connectivity index (χ3n) is 2.84. The Kier molecular flexibility index (Phi) is 3.93. The van der Waals surface area contributed by atoms with Crippen LogP contribution in [-0.2, 0) is 0 Å². The van der Waals surface area contributed by atoms with Crippen molar-refractivity contribution in [2.45, 2.75) is 19.9 Å². The summed E-state index contributed by atoms with van der Waals surface area (Å²) in [4.78, 5) is 15.3. The topological polar surface area (TPSA) is 84.6 Å². The maximum absolute atomic E-state index is 11.2. The molecule has 1 aromatic heterocycles. The van der Waals surface area contributed by atoms with Gasteiger partial charge in [-0.1, -0.05) is 0 Å². The lowest BCUT2D eigenvalue weighted by molar-refractivity contribution is 0.0698. The van der Waals surface area contributed by atoms with E-state index in [2.05, 4.69) is 10.3 Å². The predicted octanol–water partition coefficient (Wildman–Crippen LogP) is 2.86. The molecule has 0 aliphatic rings. The lowest BCUT2D eigenvalue weighted by Gasteiger charge is -2.15. The minimum atomic E-state index is -1.01. The molecule has 0 aliphatic carbocycles. The monoisotopic (exact) mass is 276 g/mol. The summed E-state index contributed by atoms with van der Waals surface area (Å²) < 4.78 is 10.5. The number of hydrogen-bond donors (Lipinski definition) is 2. The van der Waals surface area contributed by atoms with Gasteiger partial charge in [0.1, 0.15) is 17.6 Å². The van der Waals surface area contributed by atoms with Gasteiger partial charge in [-0.05, 0) is 26.0 Å². The Morgan fingerprint density at radius 1 is 1.50 bits per heavy atom. The standard InChI is InChI=1S/C14H16N2O4/c1-8-7-15-13(20-8)9(2)16-12-6-10(19-3)4-5-11(12)14(17)18/h4-7,9,16H,1-3H3,(H,17,18). The van der Waals surface area contributed by atoms with Crippen molar-refractivity contribution < 1.29 is 19.1 Å². The molecule has 0 amide bonds. The average Bonchev–Trinajstić information content (AvgIpc) is 2.85. The minimum absolute atomic E-state index is 0.168. The molecular formula is C14H16N2O4. The molecule has 6 heteroatoms. The molecule has 0 fully saturated rings. The number of rotatable bonds is 5. The number of carboxylic acids is 1. The summed E-state index contributed by atoms with van der Waals surface area (Å²) in [7, 11) is 1.53. The smallest absolute Gasteiger partial charge is 0.337 e. The number of aryl methyl sites for hydroxylation is 1. The Morgan fingerprint density at radius 2 is 2.25 bits per heavy atom. The minimum Gasteiger partial charge on any atom is -0.497 e. The Morgan fingerprint density at radius 3 is 2.80 bits per heavy atom. The molecule has 2 N–H and O–H groups in total. The maximum atomic E-state index is 11.2. The van der Waals surface area contributed by atoms with Crippen molar-refractivity contribution in [1.82, 2.24) is 4.98 Å². The van der Waals surface area contributed by atoms with Gasteiger partial charge >= 0.3 is 5.97 Å². The summed E-state index contributed by atoms with van der Waals surface area (Å²) in [5.74, 6) is 0.777. The van der Waals surface area contributed by atoms with Gasteiger partial charge in [0.25, 0.3) is 0 Å². The molecule has 1 unspecified atom stereocenters. The van der Waals surface area contributed by atoms with E-state index in [1.54, 1.807) is 25.3 Å². The van der Waals surface area contributed by atoms with E-state index in [1.807, 2.05) is 6.92 Å². The molecule has 0 saturated carbocycles. The molecule has 1 atom stereocenters. The van der Waals surface area contributed by atoms with Crippen molar-refractivity contribution in [3.8, 4) is 5.75 Å². The van der Waals surface area contributed by atoms with E-state index >= 15 is 0 Å². The Balaban J connectivity index is 2.29.